The van der Waals surface area contributed by atoms with Gasteiger partial charge in [-0.15, -0.1) is 0 Å². The summed E-state index contributed by atoms with van der Waals surface area (Å²) < 4.78 is 58.7. The zero-order chi connectivity index (χ0) is 55.0. The van der Waals surface area contributed by atoms with E-state index in [0.29, 0.717) is 35.7 Å². The lowest BCUT2D eigenvalue weighted by atomic mass is 9.92. The van der Waals surface area contributed by atoms with Crippen LogP contribution >= 0.6 is 0 Å². The molecule has 406 valence electrons. The molecule has 0 spiro atoms. The molecule has 4 aliphatic heterocycles. The van der Waals surface area contributed by atoms with Gasteiger partial charge in [0.25, 0.3) is 11.8 Å². The highest BCUT2D eigenvalue weighted by Gasteiger charge is 2.48. The van der Waals surface area contributed by atoms with Crippen molar-refractivity contribution in [3.05, 3.63) is 162 Å². The van der Waals surface area contributed by atoms with Gasteiger partial charge in [0.05, 0.1) is 74.4 Å². The number of rotatable bonds is 18. The number of anilines is 2. The number of nitrogens with zero attached hydrogens (tertiary/aromatic N) is 5. The molecule has 4 amide bonds. The molecular formula is C59H61N5O14. The lowest BCUT2D eigenvalue weighted by Crippen LogP contribution is -2.55. The first kappa shape index (κ1) is 54.0. The molecule has 0 bridgehead atoms. The topological polar surface area (TPSA) is 186 Å². The summed E-state index contributed by atoms with van der Waals surface area (Å²) in [6.45, 7) is 7.57. The third kappa shape index (κ3) is 10.8. The van der Waals surface area contributed by atoms with Gasteiger partial charge in [-0.1, -0.05) is 67.8 Å². The van der Waals surface area contributed by atoms with Crippen molar-refractivity contribution in [3.8, 4) is 34.5 Å². The second-order valence-corrected chi connectivity index (χ2v) is 18.3. The molecule has 4 atom stereocenters. The number of fused-ring (bicyclic) bond motifs is 4. The molecule has 19 nitrogen and oxygen atoms in total. The monoisotopic (exact) mass is 1060 g/mol. The number of pyridine rings is 1. The fourth-order valence-corrected chi connectivity index (χ4v) is 10.2. The van der Waals surface area contributed by atoms with E-state index in [1.165, 1.54) is 50.4 Å². The largest absolute Gasteiger partial charge is 0.497 e. The number of hydrogen-bond donors (Lipinski definition) is 0. The van der Waals surface area contributed by atoms with Crippen molar-refractivity contribution in [2.45, 2.75) is 50.6 Å². The molecule has 0 saturated carbocycles. The number of hydrogen-bond acceptors (Lipinski definition) is 15. The van der Waals surface area contributed by atoms with E-state index in [-0.39, 0.29) is 96.8 Å². The summed E-state index contributed by atoms with van der Waals surface area (Å²) in [5.74, 6) is 1.61. The highest BCUT2D eigenvalue weighted by atomic mass is 16.6. The molecule has 0 saturated heterocycles. The van der Waals surface area contributed by atoms with E-state index in [2.05, 4.69) is 13.2 Å². The average Bonchev–Trinajstić information content (AvgIpc) is 3.94. The Bertz CT molecular complexity index is 2940. The molecule has 1 aromatic heterocycles. The summed E-state index contributed by atoms with van der Waals surface area (Å²) in [5, 5.41) is 0. The van der Waals surface area contributed by atoms with Crippen LogP contribution in [-0.2, 0) is 32.2 Å². The molecule has 0 N–H and O–H groups in total. The average molecular weight is 1060 g/mol. The number of carbonyl (C=O) groups is 4. The van der Waals surface area contributed by atoms with Gasteiger partial charge in [0.2, 0.25) is 0 Å². The Morgan fingerprint density at radius 1 is 0.564 bits per heavy atom. The van der Waals surface area contributed by atoms with Crippen LogP contribution in [0.5, 0.6) is 34.5 Å². The zero-order valence-electron chi connectivity index (χ0n) is 44.3. The molecule has 19 heteroatoms. The SMILES string of the molecule is C=CCOC(=O)N1c2cc(OCc3cccc(COc4cc5c(cc4OC)C(=O)N4CC=C(c6ccc(OC)cc6)C[C@H]4C(OC)N5C(=O)OCC=C)n3)c(OC)cc2C(=O)N2CC=C(c3ccc(OC)cc3)C[C@H]2C1OC. The van der Waals surface area contributed by atoms with Crippen molar-refractivity contribution in [1.82, 2.24) is 14.8 Å². The lowest BCUT2D eigenvalue weighted by molar-refractivity contribution is 0.0175. The van der Waals surface area contributed by atoms with E-state index in [0.717, 1.165) is 22.3 Å². The maximum atomic E-state index is 14.6. The first-order valence-electron chi connectivity index (χ1n) is 25.1. The van der Waals surface area contributed by atoms with Gasteiger partial charge in [-0.2, -0.15) is 0 Å². The van der Waals surface area contributed by atoms with E-state index in [4.69, 9.17) is 52.4 Å². The standard InChI is InChI=1S/C59H61N5O14/c1-9-26-75-58(67)63-46-32-52(50(71-5)30-44(46)54(65)61-24-22-38(28-48(61)56(63)73-7)36-14-18-42(69-3)19-15-36)77-34-40-12-11-13-41(60-40)35-78-53-33-47-45(31-51(53)72-6)55(66)62-25-23-39(37-16-20-43(70-4)21-17-37)29-49(62)57(74-8)64(47)59(68)76-27-10-2/h9-23,30-33,48-49,56-57H,1-2,24-29,34-35H2,3-8H3/t48-,49-,56?,57?/m0/s1. The minimum atomic E-state index is -0.985. The summed E-state index contributed by atoms with van der Waals surface area (Å²) in [7, 11) is 9.10. The van der Waals surface area contributed by atoms with Crippen LogP contribution in [0.1, 0.15) is 56.1 Å². The Kier molecular flexibility index (Phi) is 16.6. The van der Waals surface area contributed by atoms with E-state index in [9.17, 15) is 19.2 Å². The van der Waals surface area contributed by atoms with Gasteiger partial charge in [0.15, 0.2) is 35.5 Å². The van der Waals surface area contributed by atoms with Crippen LogP contribution in [-0.4, -0.2) is 132 Å². The van der Waals surface area contributed by atoms with Crippen LogP contribution in [0.4, 0.5) is 21.0 Å². The minimum Gasteiger partial charge on any atom is -0.497 e. The third-order valence-corrected chi connectivity index (χ3v) is 14.0. The number of benzene rings is 4. The fourth-order valence-electron chi connectivity index (χ4n) is 10.2. The van der Waals surface area contributed by atoms with Gasteiger partial charge in [0.1, 0.15) is 37.9 Å². The number of methoxy groups -OCH3 is 6. The Morgan fingerprint density at radius 3 is 1.33 bits per heavy atom. The first-order valence-corrected chi connectivity index (χ1v) is 25.1. The quantitative estimate of drug-likeness (QED) is 0.0756. The van der Waals surface area contributed by atoms with Crippen molar-refractivity contribution in [2.24, 2.45) is 0 Å². The van der Waals surface area contributed by atoms with Crippen molar-refractivity contribution in [3.63, 3.8) is 0 Å². The molecule has 5 heterocycles. The van der Waals surface area contributed by atoms with Crippen molar-refractivity contribution >= 4 is 46.5 Å². The number of amides is 4. The smallest absolute Gasteiger partial charge is 0.416 e. The third-order valence-electron chi connectivity index (χ3n) is 14.0. The maximum absolute atomic E-state index is 14.6. The predicted octanol–water partition coefficient (Wildman–Crippen LogP) is 9.10. The fraction of sp³-hybridized carbons (Fsp3) is 0.305. The first-order chi connectivity index (χ1) is 38.0. The summed E-state index contributed by atoms with van der Waals surface area (Å²) in [5.41, 5.74) is 5.55. The van der Waals surface area contributed by atoms with Gasteiger partial charge in [-0.25, -0.2) is 19.4 Å². The van der Waals surface area contributed by atoms with Crippen LogP contribution < -0.4 is 38.2 Å². The van der Waals surface area contributed by atoms with E-state index in [1.807, 2.05) is 60.7 Å². The predicted molar refractivity (Wildman–Crippen MR) is 289 cm³/mol. The second kappa shape index (κ2) is 24.0. The Labute approximate surface area is 452 Å². The molecular weight excluding hydrogens is 1000 g/mol. The maximum Gasteiger partial charge on any atom is 0.416 e. The normalized spacial score (nSPS) is 18.5. The van der Waals surface area contributed by atoms with E-state index < -0.39 is 36.7 Å². The lowest BCUT2D eigenvalue weighted by Gasteiger charge is -2.40. The molecule has 4 aromatic carbocycles. The highest BCUT2D eigenvalue weighted by molar-refractivity contribution is 6.07. The van der Waals surface area contributed by atoms with Crippen molar-refractivity contribution in [2.75, 3.05) is 78.8 Å². The molecule has 0 aliphatic carbocycles. The molecule has 9 rings (SSSR count). The van der Waals surface area contributed by atoms with Crippen molar-refractivity contribution < 1.29 is 66.5 Å². The van der Waals surface area contributed by atoms with Gasteiger partial charge < -0.3 is 57.2 Å². The molecule has 0 radical (unpaired) electrons. The molecule has 2 unspecified atom stereocenters. The van der Waals surface area contributed by atoms with Crippen LogP contribution in [0, 0.1) is 0 Å². The summed E-state index contributed by atoms with van der Waals surface area (Å²) in [4.78, 5) is 68.4. The Morgan fingerprint density at radius 2 is 0.974 bits per heavy atom. The Hall–Kier alpha value is -8.81. The minimum absolute atomic E-state index is 0.0768. The van der Waals surface area contributed by atoms with Gasteiger partial charge >= 0.3 is 12.2 Å². The van der Waals surface area contributed by atoms with Gasteiger partial charge in [-0.05, 0) is 83.6 Å². The van der Waals surface area contributed by atoms with Crippen LogP contribution in [0.25, 0.3) is 11.1 Å². The molecule has 78 heavy (non-hydrogen) atoms. The van der Waals surface area contributed by atoms with Crippen LogP contribution in [0.3, 0.4) is 0 Å². The second-order valence-electron chi connectivity index (χ2n) is 18.3. The van der Waals surface area contributed by atoms with E-state index >= 15 is 0 Å². The molecule has 5 aromatic rings. The Balaban J connectivity index is 0.971. The number of aromatic nitrogens is 1. The zero-order valence-corrected chi connectivity index (χ0v) is 44.3. The number of carbonyl (C=O) groups excluding carboxylic acids is 4. The summed E-state index contributed by atoms with van der Waals surface area (Å²) >= 11 is 0. The van der Waals surface area contributed by atoms with Gasteiger partial charge in [0, 0.05) is 39.4 Å². The van der Waals surface area contributed by atoms with Gasteiger partial charge in [-0.3, -0.25) is 14.6 Å². The van der Waals surface area contributed by atoms with E-state index in [1.54, 1.807) is 66.5 Å². The van der Waals surface area contributed by atoms with Crippen LogP contribution in [0.15, 0.2) is 128 Å². The summed E-state index contributed by atoms with van der Waals surface area (Å²) in [6, 6.07) is 25.6. The molecule has 4 aliphatic rings. The van der Waals surface area contributed by atoms with Crippen LogP contribution in [0.2, 0.25) is 0 Å². The summed E-state index contributed by atoms with van der Waals surface area (Å²) in [6.07, 6.45) is 4.15. The number of ether oxygens (including phenoxy) is 10. The highest BCUT2D eigenvalue weighted by Crippen LogP contribution is 2.45. The van der Waals surface area contributed by atoms with Crippen molar-refractivity contribution in [1.29, 1.82) is 0 Å². The molecule has 0 fully saturated rings.